The minimum atomic E-state index is -0.159. The Bertz CT molecular complexity index is 1850. The molecule has 1 unspecified atom stereocenters. The number of fused-ring (bicyclic) bond motifs is 2. The van der Waals surface area contributed by atoms with E-state index in [0.29, 0.717) is 29.2 Å². The fourth-order valence-corrected chi connectivity index (χ4v) is 5.72. The van der Waals surface area contributed by atoms with Gasteiger partial charge in [0.15, 0.2) is 0 Å². The van der Waals surface area contributed by atoms with E-state index in [1.54, 1.807) is 9.25 Å². The lowest BCUT2D eigenvalue weighted by atomic mass is 9.98. The maximum Gasteiger partial charge on any atom is 0.263 e. The molecule has 3 aromatic heterocycles. The van der Waals surface area contributed by atoms with Gasteiger partial charge in [-0.2, -0.15) is 5.10 Å². The predicted molar refractivity (Wildman–Crippen MR) is 155 cm³/mol. The van der Waals surface area contributed by atoms with Gasteiger partial charge in [0.2, 0.25) is 5.95 Å². The molecule has 0 saturated carbocycles. The Morgan fingerprint density at radius 2 is 1.85 bits per heavy atom. The molecule has 5 aromatic rings. The third-order valence-electron chi connectivity index (χ3n) is 7.59. The first kappa shape index (κ1) is 25.3. The van der Waals surface area contributed by atoms with Gasteiger partial charge in [-0.25, -0.2) is 14.2 Å². The molecule has 0 aliphatic carbocycles. The maximum absolute atomic E-state index is 14.2. The van der Waals surface area contributed by atoms with Crippen LogP contribution in [0.3, 0.4) is 0 Å². The quantitative estimate of drug-likeness (QED) is 0.292. The van der Waals surface area contributed by atoms with Crippen LogP contribution >= 0.6 is 15.9 Å². The number of benzene rings is 2. The molecule has 1 aliphatic rings. The maximum atomic E-state index is 14.2. The summed E-state index contributed by atoms with van der Waals surface area (Å²) in [4.78, 5) is 34.6. The molecule has 0 N–H and O–H groups in total. The molecule has 1 atom stereocenters. The summed E-state index contributed by atoms with van der Waals surface area (Å²) in [5, 5.41) is 5.70. The van der Waals surface area contributed by atoms with Gasteiger partial charge in [-0.1, -0.05) is 15.9 Å². The lowest BCUT2D eigenvalue weighted by Crippen LogP contribution is -2.46. The highest BCUT2D eigenvalue weighted by Gasteiger charge is 2.32. The average Bonchev–Trinajstić information content (AvgIpc) is 3.45. The van der Waals surface area contributed by atoms with Crippen molar-refractivity contribution < 1.29 is 4.79 Å². The van der Waals surface area contributed by atoms with Gasteiger partial charge in [0.05, 0.1) is 23.6 Å². The number of carbonyl (C=O) groups excluding carboxylic acids is 1. The number of rotatable bonds is 3. The SMILES string of the molecule is Cc1cc(C)n(-c2nc3c(c(=O)n2-c2ccc4c(ccn4C)c2)CC(C)N(C(=O)c2ccc(Br)c(C)c2)C3)n1. The van der Waals surface area contributed by atoms with Crippen LogP contribution in [-0.2, 0) is 20.0 Å². The van der Waals surface area contributed by atoms with E-state index in [0.717, 1.165) is 38.0 Å². The standard InChI is InChI=1S/C30H29BrN6O2/c1-17-12-22(6-8-25(17)31)28(38)35-16-26-24(14-19(35)3)29(39)36(30(32-26)37-20(4)13-18(2)33-37)23-7-9-27-21(15-23)10-11-34(27)5/h6-13,15,19H,14,16H2,1-5H3. The van der Waals surface area contributed by atoms with Crippen molar-refractivity contribution in [3.63, 3.8) is 0 Å². The van der Waals surface area contributed by atoms with E-state index >= 15 is 0 Å². The number of hydrogen-bond donors (Lipinski definition) is 0. The molecule has 39 heavy (non-hydrogen) atoms. The molecule has 0 bridgehead atoms. The van der Waals surface area contributed by atoms with Gasteiger partial charge in [-0.05, 0) is 88.2 Å². The zero-order valence-electron chi connectivity index (χ0n) is 22.6. The summed E-state index contributed by atoms with van der Waals surface area (Å²) >= 11 is 3.51. The summed E-state index contributed by atoms with van der Waals surface area (Å²) in [5.74, 6) is 0.345. The fourth-order valence-electron chi connectivity index (χ4n) is 5.48. The average molecular weight is 586 g/mol. The Labute approximate surface area is 234 Å². The van der Waals surface area contributed by atoms with Crippen LogP contribution < -0.4 is 5.56 Å². The summed E-state index contributed by atoms with van der Waals surface area (Å²) in [6.07, 6.45) is 2.43. The second-order valence-corrected chi connectivity index (χ2v) is 11.3. The Hall–Kier alpha value is -3.98. The molecule has 1 amide bonds. The van der Waals surface area contributed by atoms with Crippen LogP contribution in [0.4, 0.5) is 0 Å². The van der Waals surface area contributed by atoms with Crippen LogP contribution in [0.15, 0.2) is 64.0 Å². The number of carbonyl (C=O) groups is 1. The first-order chi connectivity index (χ1) is 18.6. The third kappa shape index (κ3) is 4.21. The van der Waals surface area contributed by atoms with E-state index in [4.69, 9.17) is 4.98 Å². The van der Waals surface area contributed by atoms with Crippen molar-refractivity contribution in [1.82, 2.24) is 28.8 Å². The molecular formula is C30H29BrN6O2. The molecule has 6 rings (SSSR count). The molecule has 1 aliphatic heterocycles. The molecule has 198 valence electrons. The Kier molecular flexibility index (Phi) is 6.06. The lowest BCUT2D eigenvalue weighted by Gasteiger charge is -2.34. The number of amides is 1. The van der Waals surface area contributed by atoms with Gasteiger partial charge in [0.25, 0.3) is 11.5 Å². The van der Waals surface area contributed by atoms with Crippen molar-refractivity contribution in [3.8, 4) is 11.6 Å². The van der Waals surface area contributed by atoms with Crippen LogP contribution in [0.2, 0.25) is 0 Å². The van der Waals surface area contributed by atoms with E-state index in [2.05, 4.69) is 25.6 Å². The van der Waals surface area contributed by atoms with Gasteiger partial charge >= 0.3 is 0 Å². The van der Waals surface area contributed by atoms with Gasteiger partial charge in [0, 0.05) is 51.5 Å². The van der Waals surface area contributed by atoms with E-state index in [9.17, 15) is 9.59 Å². The topological polar surface area (TPSA) is 78.0 Å². The van der Waals surface area contributed by atoms with Crippen LogP contribution in [0.25, 0.3) is 22.5 Å². The number of aromatic nitrogens is 5. The Balaban J connectivity index is 1.51. The van der Waals surface area contributed by atoms with Crippen molar-refractivity contribution in [2.45, 2.75) is 46.7 Å². The van der Waals surface area contributed by atoms with Crippen LogP contribution in [0, 0.1) is 20.8 Å². The molecule has 0 saturated heterocycles. The van der Waals surface area contributed by atoms with E-state index in [1.165, 1.54) is 0 Å². The van der Waals surface area contributed by atoms with Gasteiger partial charge in [-0.3, -0.25) is 9.59 Å². The van der Waals surface area contributed by atoms with E-state index in [1.807, 2.05) is 94.4 Å². The number of hydrogen-bond acceptors (Lipinski definition) is 4. The minimum absolute atomic E-state index is 0.0723. The summed E-state index contributed by atoms with van der Waals surface area (Å²) in [7, 11) is 2.00. The van der Waals surface area contributed by atoms with Crippen LogP contribution in [-0.4, -0.2) is 40.7 Å². The minimum Gasteiger partial charge on any atom is -0.351 e. The summed E-state index contributed by atoms with van der Waals surface area (Å²) in [6.45, 7) is 8.08. The summed E-state index contributed by atoms with van der Waals surface area (Å²) in [5.41, 5.74) is 6.25. The molecule has 0 spiro atoms. The number of nitrogens with zero attached hydrogens (tertiary/aromatic N) is 6. The van der Waals surface area contributed by atoms with Gasteiger partial charge < -0.3 is 9.47 Å². The van der Waals surface area contributed by atoms with Crippen LogP contribution in [0.5, 0.6) is 0 Å². The first-order valence-corrected chi connectivity index (χ1v) is 13.7. The highest BCUT2D eigenvalue weighted by atomic mass is 79.9. The van der Waals surface area contributed by atoms with Crippen molar-refractivity contribution in [3.05, 3.63) is 103 Å². The van der Waals surface area contributed by atoms with E-state index < -0.39 is 0 Å². The van der Waals surface area contributed by atoms with Crippen molar-refractivity contribution >= 4 is 32.7 Å². The smallest absolute Gasteiger partial charge is 0.263 e. The molecule has 0 radical (unpaired) electrons. The molecule has 9 heteroatoms. The molecule has 8 nitrogen and oxygen atoms in total. The monoisotopic (exact) mass is 584 g/mol. The van der Waals surface area contributed by atoms with Crippen molar-refractivity contribution in [1.29, 1.82) is 0 Å². The fraction of sp³-hybridized carbons (Fsp3) is 0.267. The summed E-state index contributed by atoms with van der Waals surface area (Å²) < 4.78 is 6.39. The van der Waals surface area contributed by atoms with Gasteiger partial charge in [-0.15, -0.1) is 0 Å². The molecule has 0 fully saturated rings. The first-order valence-electron chi connectivity index (χ1n) is 12.9. The molecule has 4 heterocycles. The largest absolute Gasteiger partial charge is 0.351 e. The van der Waals surface area contributed by atoms with Gasteiger partial charge in [0.1, 0.15) is 0 Å². The Morgan fingerprint density at radius 1 is 1.05 bits per heavy atom. The zero-order valence-corrected chi connectivity index (χ0v) is 24.2. The zero-order chi connectivity index (χ0) is 27.6. The van der Waals surface area contributed by atoms with Crippen LogP contribution in [0.1, 0.15) is 45.5 Å². The third-order valence-corrected chi connectivity index (χ3v) is 8.48. The number of halogens is 1. The summed E-state index contributed by atoms with van der Waals surface area (Å²) in [6, 6.07) is 15.4. The highest BCUT2D eigenvalue weighted by molar-refractivity contribution is 9.10. The van der Waals surface area contributed by atoms with Crippen molar-refractivity contribution in [2.75, 3.05) is 0 Å². The molecule has 2 aromatic carbocycles. The number of aryl methyl sites for hydroxylation is 4. The highest BCUT2D eigenvalue weighted by Crippen LogP contribution is 2.27. The second kappa shape index (κ2) is 9.34. The van der Waals surface area contributed by atoms with E-state index in [-0.39, 0.29) is 24.1 Å². The van der Waals surface area contributed by atoms with Crippen molar-refractivity contribution in [2.24, 2.45) is 7.05 Å². The normalized spacial score (nSPS) is 15.1. The second-order valence-electron chi connectivity index (χ2n) is 10.4. The Morgan fingerprint density at radius 3 is 2.56 bits per heavy atom. The lowest BCUT2D eigenvalue weighted by molar-refractivity contribution is 0.0653. The molecular weight excluding hydrogens is 556 g/mol. The predicted octanol–water partition coefficient (Wildman–Crippen LogP) is 5.18.